The van der Waals surface area contributed by atoms with E-state index in [1.807, 2.05) is 30.3 Å². The van der Waals surface area contributed by atoms with Crippen LogP contribution in [0.15, 0.2) is 30.3 Å². The Bertz CT molecular complexity index is 398. The zero-order valence-electron chi connectivity index (χ0n) is 11.6. The van der Waals surface area contributed by atoms with Crippen LogP contribution in [0.5, 0.6) is 0 Å². The van der Waals surface area contributed by atoms with E-state index in [4.69, 9.17) is 5.73 Å². The maximum Gasteiger partial charge on any atom is 0.241 e. The van der Waals surface area contributed by atoms with Crippen LogP contribution < -0.4 is 11.1 Å². The number of nitrogens with two attached hydrogens (primary N) is 1. The van der Waals surface area contributed by atoms with Crippen molar-refractivity contribution in [3.05, 3.63) is 35.9 Å². The topological polar surface area (TPSA) is 55.1 Å². The fourth-order valence-corrected chi connectivity index (χ4v) is 2.88. The van der Waals surface area contributed by atoms with Crippen molar-refractivity contribution in [1.82, 2.24) is 5.32 Å². The highest BCUT2D eigenvalue weighted by atomic mass is 16.2. The Labute approximate surface area is 115 Å². The molecular formula is C16H24N2O. The molecule has 3 heteroatoms. The number of carbonyl (C=O) groups is 1. The molecule has 2 atom stereocenters. The average Bonchev–Trinajstić information content (AvgIpc) is 2.48. The molecule has 1 aromatic carbocycles. The molecule has 0 heterocycles. The van der Waals surface area contributed by atoms with Crippen LogP contribution in [-0.2, 0) is 4.79 Å². The van der Waals surface area contributed by atoms with Gasteiger partial charge in [0.15, 0.2) is 0 Å². The molecule has 0 radical (unpaired) electrons. The Kier molecular flexibility index (Phi) is 4.97. The monoisotopic (exact) mass is 260 g/mol. The van der Waals surface area contributed by atoms with Crippen molar-refractivity contribution in [1.29, 1.82) is 0 Å². The van der Waals surface area contributed by atoms with Crippen LogP contribution in [0.25, 0.3) is 0 Å². The van der Waals surface area contributed by atoms with Gasteiger partial charge in [0.2, 0.25) is 5.91 Å². The SMILES string of the molecule is C[C@H](NC(=O)C(N)c1ccccc1)C1CCCCC1. The lowest BCUT2D eigenvalue weighted by atomic mass is 9.84. The molecule has 1 fully saturated rings. The van der Waals surface area contributed by atoms with Crippen molar-refractivity contribution < 1.29 is 4.79 Å². The molecule has 1 unspecified atom stereocenters. The van der Waals surface area contributed by atoms with Gasteiger partial charge in [-0.25, -0.2) is 0 Å². The second-order valence-corrected chi connectivity index (χ2v) is 5.58. The second kappa shape index (κ2) is 6.71. The number of hydrogen-bond donors (Lipinski definition) is 2. The van der Waals surface area contributed by atoms with Crippen molar-refractivity contribution >= 4 is 5.91 Å². The lowest BCUT2D eigenvalue weighted by Gasteiger charge is -2.29. The molecule has 0 aliphatic heterocycles. The Morgan fingerprint density at radius 2 is 1.84 bits per heavy atom. The van der Waals surface area contributed by atoms with Crippen LogP contribution in [0.2, 0.25) is 0 Å². The van der Waals surface area contributed by atoms with Crippen LogP contribution in [-0.4, -0.2) is 11.9 Å². The summed E-state index contributed by atoms with van der Waals surface area (Å²) in [5.41, 5.74) is 6.88. The van der Waals surface area contributed by atoms with Gasteiger partial charge in [-0.2, -0.15) is 0 Å². The standard InChI is InChI=1S/C16H24N2O/c1-12(13-8-4-2-5-9-13)18-16(19)15(17)14-10-6-3-7-11-14/h3,6-7,10-13,15H,2,4-5,8-9,17H2,1H3,(H,18,19)/t12-,15?/m0/s1. The number of hydrogen-bond acceptors (Lipinski definition) is 2. The van der Waals surface area contributed by atoms with Gasteiger partial charge in [0.25, 0.3) is 0 Å². The molecule has 1 saturated carbocycles. The average molecular weight is 260 g/mol. The van der Waals surface area contributed by atoms with E-state index in [1.165, 1.54) is 32.1 Å². The van der Waals surface area contributed by atoms with E-state index in [0.29, 0.717) is 5.92 Å². The lowest BCUT2D eigenvalue weighted by molar-refractivity contribution is -0.123. The molecule has 3 nitrogen and oxygen atoms in total. The van der Waals surface area contributed by atoms with Crippen molar-refractivity contribution in [2.24, 2.45) is 11.7 Å². The number of rotatable bonds is 4. The van der Waals surface area contributed by atoms with Crippen molar-refractivity contribution in [2.45, 2.75) is 51.1 Å². The number of carbonyl (C=O) groups excluding carboxylic acids is 1. The molecule has 0 saturated heterocycles. The number of nitrogens with one attached hydrogen (secondary N) is 1. The predicted molar refractivity (Wildman–Crippen MR) is 77.6 cm³/mol. The summed E-state index contributed by atoms with van der Waals surface area (Å²) in [4.78, 5) is 12.2. The summed E-state index contributed by atoms with van der Waals surface area (Å²) in [6, 6.07) is 9.21. The minimum atomic E-state index is -0.563. The van der Waals surface area contributed by atoms with Crippen molar-refractivity contribution in [3.8, 4) is 0 Å². The van der Waals surface area contributed by atoms with E-state index in [9.17, 15) is 4.79 Å². The Morgan fingerprint density at radius 3 is 2.47 bits per heavy atom. The molecular weight excluding hydrogens is 236 g/mol. The van der Waals surface area contributed by atoms with Gasteiger partial charge in [0, 0.05) is 6.04 Å². The maximum absolute atomic E-state index is 12.2. The van der Waals surface area contributed by atoms with Gasteiger partial charge in [-0.1, -0.05) is 49.6 Å². The molecule has 1 aliphatic carbocycles. The van der Waals surface area contributed by atoms with Crippen LogP contribution in [0.3, 0.4) is 0 Å². The molecule has 1 aromatic rings. The second-order valence-electron chi connectivity index (χ2n) is 5.58. The molecule has 0 bridgehead atoms. The Morgan fingerprint density at radius 1 is 1.21 bits per heavy atom. The fourth-order valence-electron chi connectivity index (χ4n) is 2.88. The van der Waals surface area contributed by atoms with Crippen molar-refractivity contribution in [2.75, 3.05) is 0 Å². The Hall–Kier alpha value is -1.35. The zero-order chi connectivity index (χ0) is 13.7. The summed E-state index contributed by atoms with van der Waals surface area (Å²) < 4.78 is 0. The van der Waals surface area contributed by atoms with E-state index < -0.39 is 6.04 Å². The molecule has 0 aromatic heterocycles. The molecule has 3 N–H and O–H groups in total. The van der Waals surface area contributed by atoms with E-state index in [1.54, 1.807) is 0 Å². The molecule has 0 spiro atoms. The quantitative estimate of drug-likeness (QED) is 0.874. The van der Waals surface area contributed by atoms with Gasteiger partial charge in [0.05, 0.1) is 0 Å². The van der Waals surface area contributed by atoms with Crippen LogP contribution >= 0.6 is 0 Å². The first-order valence-electron chi connectivity index (χ1n) is 7.29. The summed E-state index contributed by atoms with van der Waals surface area (Å²) in [5, 5.41) is 3.08. The van der Waals surface area contributed by atoms with E-state index in [0.717, 1.165) is 5.56 Å². The molecule has 1 aliphatic rings. The third-order valence-electron chi connectivity index (χ3n) is 4.17. The fraction of sp³-hybridized carbons (Fsp3) is 0.562. The third-order valence-corrected chi connectivity index (χ3v) is 4.17. The third kappa shape index (κ3) is 3.80. The summed E-state index contributed by atoms with van der Waals surface area (Å²) in [6.45, 7) is 2.10. The van der Waals surface area contributed by atoms with E-state index in [2.05, 4.69) is 12.2 Å². The highest BCUT2D eigenvalue weighted by Gasteiger charge is 2.24. The lowest BCUT2D eigenvalue weighted by Crippen LogP contribution is -2.43. The van der Waals surface area contributed by atoms with Crippen LogP contribution in [0.4, 0.5) is 0 Å². The Balaban J connectivity index is 1.89. The maximum atomic E-state index is 12.2. The number of amides is 1. The minimum absolute atomic E-state index is 0.0655. The smallest absolute Gasteiger partial charge is 0.241 e. The highest BCUT2D eigenvalue weighted by Crippen LogP contribution is 2.26. The van der Waals surface area contributed by atoms with E-state index >= 15 is 0 Å². The number of benzene rings is 1. The predicted octanol–water partition coefficient (Wildman–Crippen LogP) is 2.77. The van der Waals surface area contributed by atoms with Gasteiger partial charge < -0.3 is 11.1 Å². The first-order valence-corrected chi connectivity index (χ1v) is 7.29. The van der Waals surface area contributed by atoms with E-state index in [-0.39, 0.29) is 11.9 Å². The van der Waals surface area contributed by atoms with Gasteiger partial charge in [-0.05, 0) is 31.2 Å². The molecule has 19 heavy (non-hydrogen) atoms. The van der Waals surface area contributed by atoms with Crippen LogP contribution in [0, 0.1) is 5.92 Å². The van der Waals surface area contributed by atoms with Crippen molar-refractivity contribution in [3.63, 3.8) is 0 Å². The largest absolute Gasteiger partial charge is 0.352 e. The zero-order valence-corrected chi connectivity index (χ0v) is 11.6. The van der Waals surface area contributed by atoms with Crippen LogP contribution in [0.1, 0.15) is 50.6 Å². The van der Waals surface area contributed by atoms with Gasteiger partial charge in [-0.3, -0.25) is 4.79 Å². The molecule has 1 amide bonds. The summed E-state index contributed by atoms with van der Waals surface area (Å²) in [7, 11) is 0. The molecule has 2 rings (SSSR count). The summed E-state index contributed by atoms with van der Waals surface area (Å²) in [5.74, 6) is 0.546. The van der Waals surface area contributed by atoms with Gasteiger partial charge in [-0.15, -0.1) is 0 Å². The first-order chi connectivity index (χ1) is 9.18. The minimum Gasteiger partial charge on any atom is -0.352 e. The summed E-state index contributed by atoms with van der Waals surface area (Å²) in [6.07, 6.45) is 6.36. The normalized spacial score (nSPS) is 19.7. The van der Waals surface area contributed by atoms with Gasteiger partial charge >= 0.3 is 0 Å². The van der Waals surface area contributed by atoms with Gasteiger partial charge in [0.1, 0.15) is 6.04 Å². The first kappa shape index (κ1) is 14.1. The summed E-state index contributed by atoms with van der Waals surface area (Å²) >= 11 is 0. The highest BCUT2D eigenvalue weighted by molar-refractivity contribution is 5.83. The molecule has 104 valence electrons.